The number of anilines is 1. The summed E-state index contributed by atoms with van der Waals surface area (Å²) < 4.78 is 36.0. The third-order valence-corrected chi connectivity index (χ3v) is 12.6. The summed E-state index contributed by atoms with van der Waals surface area (Å²) in [6.45, 7) is 5.77. The van der Waals surface area contributed by atoms with Crippen molar-refractivity contribution in [2.75, 3.05) is 24.6 Å². The normalized spacial score (nSPS) is 32.8. The van der Waals surface area contributed by atoms with Crippen molar-refractivity contribution in [1.29, 1.82) is 0 Å². The van der Waals surface area contributed by atoms with E-state index >= 15 is 0 Å². The third-order valence-electron chi connectivity index (χ3n) is 10.4. The van der Waals surface area contributed by atoms with Crippen molar-refractivity contribution >= 4 is 33.2 Å². The van der Waals surface area contributed by atoms with Gasteiger partial charge in [-0.25, -0.2) is 13.1 Å². The highest BCUT2D eigenvalue weighted by Crippen LogP contribution is 2.46. The third kappa shape index (κ3) is 5.95. The van der Waals surface area contributed by atoms with Crippen LogP contribution >= 0.6 is 11.6 Å². The summed E-state index contributed by atoms with van der Waals surface area (Å²) in [6, 6.07) is 11.4. The molecule has 1 saturated carbocycles. The maximum atomic E-state index is 13.5. The van der Waals surface area contributed by atoms with Gasteiger partial charge in [0.1, 0.15) is 5.75 Å². The molecule has 4 aliphatic rings. The fraction of sp³-hybridized carbons (Fsp3) is 0.559. The fourth-order valence-electron chi connectivity index (χ4n) is 7.83. The van der Waals surface area contributed by atoms with Crippen LogP contribution in [-0.2, 0) is 21.9 Å². The number of halogens is 1. The number of aliphatic hydroxyl groups is 1. The lowest BCUT2D eigenvalue weighted by molar-refractivity contribution is 0.0455. The molecular formula is C34H43ClN2O5S. The SMILES string of the molecule is CCC[C@H]1[C@H](C)C/C=C\[C@H](O)[C@@H]2CC[C@H]2CN2C[C@@]3(CCCc4cc(Cl)ccc43)COc3ccc(cc32)C(=O)NS1(=O)=O. The van der Waals surface area contributed by atoms with Gasteiger partial charge in [-0.15, -0.1) is 0 Å². The molecule has 0 radical (unpaired) electrons. The van der Waals surface area contributed by atoms with E-state index in [1.807, 2.05) is 32.1 Å². The molecule has 0 saturated heterocycles. The lowest BCUT2D eigenvalue weighted by Gasteiger charge is -2.45. The summed E-state index contributed by atoms with van der Waals surface area (Å²) in [7, 11) is -3.93. The molecule has 9 heteroatoms. The van der Waals surface area contributed by atoms with Crippen LogP contribution in [0.25, 0.3) is 0 Å². The minimum atomic E-state index is -3.93. The molecule has 1 spiro atoms. The molecule has 2 aromatic carbocycles. The average Bonchev–Trinajstić information content (AvgIpc) is 3.10. The predicted molar refractivity (Wildman–Crippen MR) is 170 cm³/mol. The Morgan fingerprint density at radius 3 is 2.79 bits per heavy atom. The number of hydrogen-bond acceptors (Lipinski definition) is 6. The van der Waals surface area contributed by atoms with Crippen LogP contribution in [0.2, 0.25) is 5.02 Å². The summed E-state index contributed by atoms with van der Waals surface area (Å²) in [4.78, 5) is 15.8. The second-order valence-electron chi connectivity index (χ2n) is 13.2. The van der Waals surface area contributed by atoms with E-state index < -0.39 is 27.3 Å². The van der Waals surface area contributed by atoms with Gasteiger partial charge in [-0.05, 0) is 104 Å². The van der Waals surface area contributed by atoms with E-state index in [0.717, 1.165) is 49.4 Å². The van der Waals surface area contributed by atoms with Crippen molar-refractivity contribution in [3.8, 4) is 5.75 Å². The first kappa shape index (κ1) is 30.5. The number of hydrogen-bond donors (Lipinski definition) is 2. The molecule has 1 fully saturated rings. The van der Waals surface area contributed by atoms with Crippen molar-refractivity contribution in [2.45, 2.75) is 82.0 Å². The Bertz CT molecular complexity index is 1510. The number of amides is 1. The Labute approximate surface area is 260 Å². The molecule has 2 aliphatic heterocycles. The number of nitrogens with zero attached hydrogens (tertiary/aromatic N) is 1. The van der Waals surface area contributed by atoms with E-state index in [2.05, 4.69) is 21.8 Å². The zero-order chi connectivity index (χ0) is 30.4. The lowest BCUT2D eigenvalue weighted by Crippen LogP contribution is -2.49. The van der Waals surface area contributed by atoms with Crippen molar-refractivity contribution in [3.05, 3.63) is 70.3 Å². The topological polar surface area (TPSA) is 95.9 Å². The summed E-state index contributed by atoms with van der Waals surface area (Å²) >= 11 is 6.39. The highest BCUT2D eigenvalue weighted by molar-refractivity contribution is 7.90. The zero-order valence-electron chi connectivity index (χ0n) is 25.1. The van der Waals surface area contributed by atoms with Crippen LogP contribution in [0.15, 0.2) is 48.6 Å². The molecule has 2 aliphatic carbocycles. The molecule has 0 aromatic heterocycles. The number of ether oxygens (including phenoxy) is 1. The maximum absolute atomic E-state index is 13.5. The molecule has 2 aromatic rings. The van der Waals surface area contributed by atoms with Gasteiger partial charge in [0, 0.05) is 29.1 Å². The van der Waals surface area contributed by atoms with Gasteiger partial charge in [-0.2, -0.15) is 0 Å². The van der Waals surface area contributed by atoms with Crippen LogP contribution in [0.5, 0.6) is 5.75 Å². The van der Waals surface area contributed by atoms with E-state index in [0.29, 0.717) is 43.7 Å². The Hall–Kier alpha value is -2.55. The standard InChI is InChI=1S/C34H43ClN2O5S/c1-3-6-32-22(2)7-4-9-30(38)27-13-10-25(27)19-37-20-34(16-5-8-23-17-26(35)12-14-28(23)34)21-42-31-15-11-24(18-29(31)37)33(39)36-43(32,40)41/h4,9,11-12,14-15,17-18,22,25,27,30,32,38H,3,5-8,10,13,16,19-21H2,1-2H3,(H,36,39)/b9-4-/t22-,25+,27-,30+,32+,34+/m1/s1. The quantitative estimate of drug-likeness (QED) is 0.396. The number of aryl methyl sites for hydroxylation is 1. The van der Waals surface area contributed by atoms with Crippen molar-refractivity contribution in [3.63, 3.8) is 0 Å². The van der Waals surface area contributed by atoms with Crippen LogP contribution in [0.1, 0.15) is 80.3 Å². The summed E-state index contributed by atoms with van der Waals surface area (Å²) in [6.07, 6.45) is 9.79. The summed E-state index contributed by atoms with van der Waals surface area (Å²) in [5, 5.41) is 11.2. The first-order chi connectivity index (χ1) is 20.6. The molecule has 7 nitrogen and oxygen atoms in total. The number of aliphatic hydroxyl groups excluding tert-OH is 1. The predicted octanol–water partition coefficient (Wildman–Crippen LogP) is 6.02. The van der Waals surface area contributed by atoms with Gasteiger partial charge in [0.25, 0.3) is 5.91 Å². The molecule has 2 N–H and O–H groups in total. The number of rotatable bonds is 2. The minimum absolute atomic E-state index is 0.127. The number of fused-ring (bicyclic) bond motifs is 4. The molecule has 232 valence electrons. The molecule has 6 rings (SSSR count). The Kier molecular flexibility index (Phi) is 8.57. The van der Waals surface area contributed by atoms with Gasteiger partial charge in [-0.1, -0.05) is 50.1 Å². The molecule has 43 heavy (non-hydrogen) atoms. The second kappa shape index (κ2) is 12.1. The van der Waals surface area contributed by atoms with E-state index in [4.69, 9.17) is 16.3 Å². The number of benzene rings is 2. The molecule has 2 heterocycles. The number of allylic oxidation sites excluding steroid dienone is 1. The van der Waals surface area contributed by atoms with E-state index in [1.165, 1.54) is 11.1 Å². The van der Waals surface area contributed by atoms with E-state index in [9.17, 15) is 18.3 Å². The van der Waals surface area contributed by atoms with Crippen LogP contribution in [-0.4, -0.2) is 50.5 Å². The Morgan fingerprint density at radius 2 is 2.02 bits per heavy atom. The Balaban J connectivity index is 1.42. The van der Waals surface area contributed by atoms with E-state index in [1.54, 1.807) is 18.2 Å². The zero-order valence-corrected chi connectivity index (χ0v) is 26.7. The largest absolute Gasteiger partial charge is 0.490 e. The van der Waals surface area contributed by atoms with Gasteiger partial charge in [-0.3, -0.25) is 4.79 Å². The van der Waals surface area contributed by atoms with Gasteiger partial charge in [0.05, 0.1) is 23.6 Å². The van der Waals surface area contributed by atoms with Crippen LogP contribution < -0.4 is 14.4 Å². The molecule has 1 amide bonds. The number of carbonyl (C=O) groups excluding carboxylic acids is 1. The first-order valence-electron chi connectivity index (χ1n) is 15.8. The lowest BCUT2D eigenvalue weighted by atomic mass is 9.68. The monoisotopic (exact) mass is 626 g/mol. The van der Waals surface area contributed by atoms with Crippen molar-refractivity contribution < 1.29 is 23.1 Å². The first-order valence-corrected chi connectivity index (χ1v) is 17.7. The van der Waals surface area contributed by atoms with Crippen molar-refractivity contribution in [2.24, 2.45) is 17.8 Å². The van der Waals surface area contributed by atoms with Crippen LogP contribution in [0, 0.1) is 17.8 Å². The number of nitrogens with one attached hydrogen (secondary N) is 1. The Morgan fingerprint density at radius 1 is 1.19 bits per heavy atom. The van der Waals surface area contributed by atoms with E-state index in [-0.39, 0.29) is 23.2 Å². The minimum Gasteiger partial charge on any atom is -0.490 e. The number of sulfonamides is 1. The average molecular weight is 627 g/mol. The summed E-state index contributed by atoms with van der Waals surface area (Å²) in [5.41, 5.74) is 3.35. The van der Waals surface area contributed by atoms with Gasteiger partial charge >= 0.3 is 0 Å². The molecule has 2 bridgehead atoms. The fourth-order valence-corrected chi connectivity index (χ4v) is 9.82. The maximum Gasteiger partial charge on any atom is 0.264 e. The summed E-state index contributed by atoms with van der Waals surface area (Å²) in [5.74, 6) is 0.271. The number of carbonyl (C=O) groups is 1. The van der Waals surface area contributed by atoms with Gasteiger partial charge in [0.2, 0.25) is 10.0 Å². The highest BCUT2D eigenvalue weighted by Gasteiger charge is 2.44. The highest BCUT2D eigenvalue weighted by atomic mass is 35.5. The van der Waals surface area contributed by atoms with Gasteiger partial charge in [0.15, 0.2) is 0 Å². The molecular weight excluding hydrogens is 584 g/mol. The van der Waals surface area contributed by atoms with Gasteiger partial charge < -0.3 is 14.7 Å². The molecule has 0 unspecified atom stereocenters. The van der Waals surface area contributed by atoms with Crippen LogP contribution in [0.4, 0.5) is 5.69 Å². The molecule has 6 atom stereocenters. The smallest absolute Gasteiger partial charge is 0.264 e. The second-order valence-corrected chi connectivity index (χ2v) is 15.6. The van der Waals surface area contributed by atoms with Crippen molar-refractivity contribution in [1.82, 2.24) is 4.72 Å². The van der Waals surface area contributed by atoms with Crippen LogP contribution in [0.3, 0.4) is 0 Å².